The van der Waals surface area contributed by atoms with Gasteiger partial charge in [-0.1, -0.05) is 49.4 Å². The first-order valence-corrected chi connectivity index (χ1v) is 13.0. The number of methoxy groups -OCH3 is 2. The second-order valence-electron chi connectivity index (χ2n) is 9.00. The van der Waals surface area contributed by atoms with E-state index in [0.717, 1.165) is 23.3 Å². The summed E-state index contributed by atoms with van der Waals surface area (Å²) in [5.41, 5.74) is 1.89. The van der Waals surface area contributed by atoms with Gasteiger partial charge in [-0.05, 0) is 60.4 Å². The summed E-state index contributed by atoms with van der Waals surface area (Å²) in [6.07, 6.45) is 2.02. The molecule has 3 rings (SSSR count). The molecule has 0 bridgehead atoms. The number of amides is 2. The Morgan fingerprint density at radius 2 is 1.53 bits per heavy atom. The van der Waals surface area contributed by atoms with E-state index in [1.165, 1.54) is 0 Å². The Morgan fingerprint density at radius 1 is 0.842 bits per heavy atom. The van der Waals surface area contributed by atoms with Crippen LogP contribution in [0.25, 0.3) is 0 Å². The minimum Gasteiger partial charge on any atom is -0.497 e. The quantitative estimate of drug-likeness (QED) is 0.286. The lowest BCUT2D eigenvalue weighted by Gasteiger charge is -2.31. The highest BCUT2D eigenvalue weighted by molar-refractivity contribution is 5.88. The van der Waals surface area contributed by atoms with Crippen LogP contribution in [0.3, 0.4) is 0 Å². The Balaban J connectivity index is 1.77. The Bertz CT molecular complexity index is 1130. The Labute approximate surface area is 225 Å². The molecular formula is C31H38N2O5. The van der Waals surface area contributed by atoms with Crippen LogP contribution in [0, 0.1) is 0 Å². The van der Waals surface area contributed by atoms with E-state index in [9.17, 15) is 9.59 Å². The summed E-state index contributed by atoms with van der Waals surface area (Å²) in [5, 5.41) is 3.00. The molecule has 0 radical (unpaired) electrons. The van der Waals surface area contributed by atoms with E-state index < -0.39 is 6.04 Å². The SMILES string of the molecule is CCCNC(=O)[C@@H](Cc1ccccc1)N(Cc1cccc(OC)c1)C(=O)CCCOc1ccc(OC)cc1. The second kappa shape index (κ2) is 15.3. The summed E-state index contributed by atoms with van der Waals surface area (Å²) in [6, 6.07) is 24.1. The van der Waals surface area contributed by atoms with Crippen LogP contribution in [0.1, 0.15) is 37.3 Å². The van der Waals surface area contributed by atoms with Crippen molar-refractivity contribution >= 4 is 11.8 Å². The summed E-state index contributed by atoms with van der Waals surface area (Å²) in [6.45, 7) is 3.25. The van der Waals surface area contributed by atoms with Crippen molar-refractivity contribution in [3.63, 3.8) is 0 Å². The van der Waals surface area contributed by atoms with Crippen molar-refractivity contribution in [3.05, 3.63) is 90.0 Å². The third kappa shape index (κ3) is 8.83. The highest BCUT2D eigenvalue weighted by atomic mass is 16.5. The number of hydrogen-bond donors (Lipinski definition) is 1. The lowest BCUT2D eigenvalue weighted by Crippen LogP contribution is -2.50. The molecule has 3 aromatic carbocycles. The van der Waals surface area contributed by atoms with E-state index in [1.54, 1.807) is 19.1 Å². The number of carbonyl (C=O) groups excluding carboxylic acids is 2. The third-order valence-electron chi connectivity index (χ3n) is 6.17. The van der Waals surface area contributed by atoms with Crippen molar-refractivity contribution in [2.45, 2.75) is 45.2 Å². The van der Waals surface area contributed by atoms with Crippen LogP contribution in [0.4, 0.5) is 0 Å². The van der Waals surface area contributed by atoms with Crippen molar-refractivity contribution in [3.8, 4) is 17.2 Å². The Hall–Kier alpha value is -4.00. The predicted octanol–water partition coefficient (Wildman–Crippen LogP) is 5.03. The average Bonchev–Trinajstić information content (AvgIpc) is 2.96. The molecule has 0 saturated heterocycles. The fourth-order valence-corrected chi connectivity index (χ4v) is 4.12. The van der Waals surface area contributed by atoms with Crippen molar-refractivity contribution in [2.75, 3.05) is 27.4 Å². The van der Waals surface area contributed by atoms with Gasteiger partial charge in [-0.15, -0.1) is 0 Å². The van der Waals surface area contributed by atoms with Crippen LogP contribution in [0.15, 0.2) is 78.9 Å². The molecule has 0 aliphatic heterocycles. The molecule has 1 atom stereocenters. The van der Waals surface area contributed by atoms with Gasteiger partial charge in [0.15, 0.2) is 0 Å². The smallest absolute Gasteiger partial charge is 0.243 e. The summed E-state index contributed by atoms with van der Waals surface area (Å²) < 4.78 is 16.4. The zero-order valence-electron chi connectivity index (χ0n) is 22.5. The first-order chi connectivity index (χ1) is 18.5. The first kappa shape index (κ1) is 28.6. The molecule has 0 aromatic heterocycles. The number of ether oxygens (including phenoxy) is 3. The number of benzene rings is 3. The van der Waals surface area contributed by atoms with Crippen LogP contribution in [-0.4, -0.2) is 50.1 Å². The minimum atomic E-state index is -0.648. The van der Waals surface area contributed by atoms with Gasteiger partial charge >= 0.3 is 0 Å². The van der Waals surface area contributed by atoms with Gasteiger partial charge in [0.05, 0.1) is 20.8 Å². The van der Waals surface area contributed by atoms with Gasteiger partial charge in [-0.2, -0.15) is 0 Å². The van der Waals surface area contributed by atoms with Crippen LogP contribution in [0.2, 0.25) is 0 Å². The van der Waals surface area contributed by atoms with Crippen LogP contribution < -0.4 is 19.5 Å². The molecule has 0 heterocycles. The fourth-order valence-electron chi connectivity index (χ4n) is 4.12. The number of nitrogens with zero attached hydrogens (tertiary/aromatic N) is 1. The van der Waals surface area contributed by atoms with Crippen molar-refractivity contribution < 1.29 is 23.8 Å². The standard InChI is InChI=1S/C31H38N2O5/c1-4-19-32-31(35)29(22-24-10-6-5-7-11-24)33(23-25-12-8-13-28(21-25)37-3)30(34)14-9-20-38-27-17-15-26(36-2)16-18-27/h5-8,10-13,15-18,21,29H,4,9,14,19-20,22-23H2,1-3H3,(H,32,35)/t29-/m1/s1. The summed E-state index contributed by atoms with van der Waals surface area (Å²) >= 11 is 0. The first-order valence-electron chi connectivity index (χ1n) is 13.0. The molecule has 0 spiro atoms. The molecule has 0 saturated carbocycles. The van der Waals surface area contributed by atoms with Crippen LogP contribution in [0.5, 0.6) is 17.2 Å². The third-order valence-corrected chi connectivity index (χ3v) is 6.17. The molecule has 0 aliphatic rings. The van der Waals surface area contributed by atoms with Gasteiger partial charge in [-0.25, -0.2) is 0 Å². The molecule has 0 unspecified atom stereocenters. The summed E-state index contributed by atoms with van der Waals surface area (Å²) in [4.78, 5) is 28.7. The maximum Gasteiger partial charge on any atom is 0.243 e. The number of rotatable bonds is 15. The molecule has 7 nitrogen and oxygen atoms in total. The van der Waals surface area contributed by atoms with Crippen molar-refractivity contribution in [2.24, 2.45) is 0 Å². The fraction of sp³-hybridized carbons (Fsp3) is 0.355. The largest absolute Gasteiger partial charge is 0.497 e. The lowest BCUT2D eigenvalue weighted by atomic mass is 10.0. The zero-order valence-corrected chi connectivity index (χ0v) is 22.5. The minimum absolute atomic E-state index is 0.0984. The van der Waals surface area contributed by atoms with Gasteiger partial charge in [0.1, 0.15) is 23.3 Å². The van der Waals surface area contributed by atoms with Crippen molar-refractivity contribution in [1.82, 2.24) is 10.2 Å². The van der Waals surface area contributed by atoms with Gasteiger partial charge in [-0.3, -0.25) is 9.59 Å². The van der Waals surface area contributed by atoms with E-state index >= 15 is 0 Å². The monoisotopic (exact) mass is 518 g/mol. The number of hydrogen-bond acceptors (Lipinski definition) is 5. The maximum atomic E-state index is 13.6. The second-order valence-corrected chi connectivity index (χ2v) is 9.00. The zero-order chi connectivity index (χ0) is 27.2. The molecule has 3 aromatic rings. The van der Waals surface area contributed by atoms with E-state index in [4.69, 9.17) is 14.2 Å². The van der Waals surface area contributed by atoms with Gasteiger partial charge in [0.2, 0.25) is 11.8 Å². The highest BCUT2D eigenvalue weighted by Gasteiger charge is 2.30. The molecule has 2 amide bonds. The lowest BCUT2D eigenvalue weighted by molar-refractivity contribution is -0.141. The maximum absolute atomic E-state index is 13.6. The van der Waals surface area contributed by atoms with E-state index in [1.807, 2.05) is 85.8 Å². The molecule has 1 N–H and O–H groups in total. The average molecular weight is 519 g/mol. The predicted molar refractivity (Wildman–Crippen MR) is 149 cm³/mol. The van der Waals surface area contributed by atoms with Gasteiger partial charge in [0, 0.05) is 25.9 Å². The molecular weight excluding hydrogens is 480 g/mol. The summed E-state index contributed by atoms with van der Waals surface area (Å²) in [5.74, 6) is 1.93. The van der Waals surface area contributed by atoms with Gasteiger partial charge < -0.3 is 24.4 Å². The van der Waals surface area contributed by atoms with E-state index in [2.05, 4.69) is 5.32 Å². The van der Waals surface area contributed by atoms with Gasteiger partial charge in [0.25, 0.3) is 0 Å². The highest BCUT2D eigenvalue weighted by Crippen LogP contribution is 2.20. The number of carbonyl (C=O) groups is 2. The van der Waals surface area contributed by atoms with E-state index in [-0.39, 0.29) is 18.2 Å². The molecule has 38 heavy (non-hydrogen) atoms. The summed E-state index contributed by atoms with van der Waals surface area (Å²) in [7, 11) is 3.23. The van der Waals surface area contributed by atoms with Crippen molar-refractivity contribution in [1.29, 1.82) is 0 Å². The normalized spacial score (nSPS) is 11.3. The topological polar surface area (TPSA) is 77.1 Å². The molecule has 202 valence electrons. The van der Waals surface area contributed by atoms with Crippen LogP contribution >= 0.6 is 0 Å². The Kier molecular flexibility index (Phi) is 11.5. The molecule has 7 heteroatoms. The number of nitrogens with one attached hydrogen (secondary N) is 1. The van der Waals surface area contributed by atoms with Crippen LogP contribution in [-0.2, 0) is 22.6 Å². The Morgan fingerprint density at radius 3 is 2.21 bits per heavy atom. The van der Waals surface area contributed by atoms with E-state index in [0.29, 0.717) is 44.0 Å². The molecule has 0 aliphatic carbocycles. The molecule has 0 fully saturated rings.